The second-order valence-electron chi connectivity index (χ2n) is 10.3. The summed E-state index contributed by atoms with van der Waals surface area (Å²) in [5.74, 6) is 1.24. The molecule has 0 amide bonds. The topological polar surface area (TPSA) is 67.7 Å². The van der Waals surface area contributed by atoms with E-state index in [-0.39, 0.29) is 4.90 Å². The minimum atomic E-state index is -3.86. The number of hydrogen-bond donors (Lipinski definition) is 0. The average molecular weight is 630 g/mol. The standard InChI is InChI=1S/C29H33BrN4O3S2/c30-27-25(23-9-3-1-4-10-23)26-28(31-34(29(26)38-27)39(35,36)24-11-5-2-6-12-24)33-17-13-22(14-18-33)21-37-20-19-32-15-7-8-16-32/h1-6,9-12,22H,7-8,13-21H2. The minimum absolute atomic E-state index is 0.233. The second kappa shape index (κ2) is 11.7. The summed E-state index contributed by atoms with van der Waals surface area (Å²) in [6, 6.07) is 18.7. The second-order valence-corrected chi connectivity index (χ2v) is 14.4. The number of hydrogen-bond acceptors (Lipinski definition) is 7. The number of benzene rings is 2. The molecule has 0 saturated carbocycles. The number of thiophene rings is 1. The molecule has 0 N–H and O–H groups in total. The average Bonchev–Trinajstić information content (AvgIpc) is 3.69. The molecular formula is C29H33BrN4O3S2. The Morgan fingerprint density at radius 2 is 1.62 bits per heavy atom. The molecule has 2 fully saturated rings. The molecule has 0 unspecified atom stereocenters. The zero-order valence-corrected chi connectivity index (χ0v) is 25.1. The fourth-order valence-electron chi connectivity index (χ4n) is 5.62. The molecule has 0 radical (unpaired) electrons. The van der Waals surface area contributed by atoms with Crippen molar-refractivity contribution in [2.75, 3.05) is 50.8 Å². The number of nitrogens with zero attached hydrogens (tertiary/aromatic N) is 4. The van der Waals surface area contributed by atoms with Gasteiger partial charge in [0.1, 0.15) is 4.83 Å². The SMILES string of the molecule is O=S(=O)(c1ccccc1)n1nc(N2CCC(COCCN3CCCC3)CC2)c2c(-c3ccccc3)c(Br)sc21. The third kappa shape index (κ3) is 5.54. The summed E-state index contributed by atoms with van der Waals surface area (Å²) < 4.78 is 35.7. The predicted molar refractivity (Wildman–Crippen MR) is 161 cm³/mol. The van der Waals surface area contributed by atoms with Crippen molar-refractivity contribution in [2.24, 2.45) is 5.92 Å². The van der Waals surface area contributed by atoms with E-state index in [9.17, 15) is 8.42 Å². The van der Waals surface area contributed by atoms with Crippen LogP contribution in [0.5, 0.6) is 0 Å². The van der Waals surface area contributed by atoms with Crippen LogP contribution in [0.1, 0.15) is 25.7 Å². The van der Waals surface area contributed by atoms with Gasteiger partial charge in [-0.3, -0.25) is 0 Å². The summed E-state index contributed by atoms with van der Waals surface area (Å²) in [4.78, 5) is 5.60. The van der Waals surface area contributed by atoms with Crippen LogP contribution in [-0.4, -0.2) is 68.4 Å². The maximum absolute atomic E-state index is 13.7. The zero-order chi connectivity index (χ0) is 26.8. The summed E-state index contributed by atoms with van der Waals surface area (Å²) in [5, 5.41) is 5.69. The fraction of sp³-hybridized carbons (Fsp3) is 0.414. The lowest BCUT2D eigenvalue weighted by Crippen LogP contribution is -2.36. The van der Waals surface area contributed by atoms with Crippen molar-refractivity contribution < 1.29 is 13.2 Å². The van der Waals surface area contributed by atoms with Gasteiger partial charge in [-0.1, -0.05) is 48.5 Å². The molecule has 4 heterocycles. The van der Waals surface area contributed by atoms with Gasteiger partial charge < -0.3 is 14.5 Å². The van der Waals surface area contributed by atoms with Crippen LogP contribution in [0.4, 0.5) is 5.82 Å². The van der Waals surface area contributed by atoms with E-state index in [4.69, 9.17) is 9.84 Å². The van der Waals surface area contributed by atoms with Gasteiger partial charge in [-0.15, -0.1) is 20.5 Å². The number of fused-ring (bicyclic) bond motifs is 1. The Hall–Kier alpha value is -2.24. The Morgan fingerprint density at radius 3 is 2.31 bits per heavy atom. The molecule has 0 aliphatic carbocycles. The van der Waals surface area contributed by atoms with Crippen molar-refractivity contribution in [1.29, 1.82) is 0 Å². The molecule has 2 aromatic heterocycles. The van der Waals surface area contributed by atoms with Crippen molar-refractivity contribution in [3.05, 3.63) is 64.5 Å². The van der Waals surface area contributed by atoms with Gasteiger partial charge in [-0.25, -0.2) is 0 Å². The van der Waals surface area contributed by atoms with Crippen molar-refractivity contribution in [1.82, 2.24) is 14.1 Å². The molecule has 0 atom stereocenters. The predicted octanol–water partition coefficient (Wildman–Crippen LogP) is 6.09. The third-order valence-electron chi connectivity index (χ3n) is 7.78. The van der Waals surface area contributed by atoms with Crippen LogP contribution >= 0.6 is 27.3 Å². The lowest BCUT2D eigenvalue weighted by Gasteiger charge is -2.32. The van der Waals surface area contributed by atoms with Gasteiger partial charge in [0, 0.05) is 31.8 Å². The molecule has 4 aromatic rings. The van der Waals surface area contributed by atoms with Crippen LogP contribution in [0, 0.1) is 5.92 Å². The first-order valence-electron chi connectivity index (χ1n) is 13.6. The van der Waals surface area contributed by atoms with E-state index in [1.807, 2.05) is 24.3 Å². The largest absolute Gasteiger partial charge is 0.380 e. The first kappa shape index (κ1) is 27.0. The van der Waals surface area contributed by atoms with E-state index in [0.29, 0.717) is 10.7 Å². The number of likely N-dealkylation sites (tertiary alicyclic amines) is 1. The van der Waals surface area contributed by atoms with E-state index in [2.05, 4.69) is 37.9 Å². The molecule has 10 heteroatoms. The number of halogens is 1. The highest BCUT2D eigenvalue weighted by Crippen LogP contribution is 2.47. The van der Waals surface area contributed by atoms with Crippen LogP contribution < -0.4 is 4.90 Å². The molecule has 2 saturated heterocycles. The van der Waals surface area contributed by atoms with Gasteiger partial charge in [-0.2, -0.15) is 8.42 Å². The van der Waals surface area contributed by atoms with Crippen molar-refractivity contribution in [2.45, 2.75) is 30.6 Å². The third-order valence-corrected chi connectivity index (χ3v) is 11.3. The molecule has 2 aliphatic rings. The molecule has 39 heavy (non-hydrogen) atoms. The molecule has 0 bridgehead atoms. The Kier molecular flexibility index (Phi) is 8.09. The zero-order valence-electron chi connectivity index (χ0n) is 21.8. The number of anilines is 1. The van der Waals surface area contributed by atoms with Crippen LogP contribution in [0.15, 0.2) is 69.3 Å². The van der Waals surface area contributed by atoms with E-state index >= 15 is 0 Å². The molecule has 2 aromatic carbocycles. The maximum Gasteiger partial charge on any atom is 0.284 e. The molecule has 2 aliphatic heterocycles. The van der Waals surface area contributed by atoms with Gasteiger partial charge >= 0.3 is 0 Å². The number of aromatic nitrogens is 2. The molecular weight excluding hydrogens is 596 g/mol. The summed E-state index contributed by atoms with van der Waals surface area (Å²) in [6.07, 6.45) is 4.60. The van der Waals surface area contributed by atoms with Crippen molar-refractivity contribution >= 4 is 53.3 Å². The molecule has 206 valence electrons. The Bertz CT molecular complexity index is 1510. The van der Waals surface area contributed by atoms with Crippen LogP contribution in [0.3, 0.4) is 0 Å². The minimum Gasteiger partial charge on any atom is -0.380 e. The molecule has 6 rings (SSSR count). The summed E-state index contributed by atoms with van der Waals surface area (Å²) >= 11 is 5.17. The lowest BCUT2D eigenvalue weighted by molar-refractivity contribution is 0.0753. The molecule has 7 nitrogen and oxygen atoms in total. The first-order valence-corrected chi connectivity index (χ1v) is 16.7. The van der Waals surface area contributed by atoms with Crippen LogP contribution in [-0.2, 0) is 14.8 Å². The summed E-state index contributed by atoms with van der Waals surface area (Å²) in [5.41, 5.74) is 2.03. The van der Waals surface area contributed by atoms with Gasteiger partial charge in [0.15, 0.2) is 5.82 Å². The van der Waals surface area contributed by atoms with E-state index in [1.165, 1.54) is 41.4 Å². The Labute approximate surface area is 242 Å². The fourth-order valence-corrected chi connectivity index (χ4v) is 9.01. The number of rotatable bonds is 9. The van der Waals surface area contributed by atoms with E-state index < -0.39 is 10.0 Å². The maximum atomic E-state index is 13.7. The number of piperidine rings is 1. The monoisotopic (exact) mass is 628 g/mol. The van der Waals surface area contributed by atoms with Gasteiger partial charge in [0.05, 0.1) is 20.7 Å². The van der Waals surface area contributed by atoms with Crippen LogP contribution in [0.25, 0.3) is 21.3 Å². The normalized spacial score (nSPS) is 17.4. The highest BCUT2D eigenvalue weighted by molar-refractivity contribution is 9.11. The quantitative estimate of drug-likeness (QED) is 0.209. The Morgan fingerprint density at radius 1 is 0.949 bits per heavy atom. The van der Waals surface area contributed by atoms with Crippen molar-refractivity contribution in [3.8, 4) is 11.1 Å². The van der Waals surface area contributed by atoms with Gasteiger partial charge in [-0.05, 0) is 78.3 Å². The van der Waals surface area contributed by atoms with Gasteiger partial charge in [0.2, 0.25) is 0 Å². The lowest BCUT2D eigenvalue weighted by atomic mass is 9.97. The molecule has 0 spiro atoms. The van der Waals surface area contributed by atoms with Crippen LogP contribution in [0.2, 0.25) is 0 Å². The number of ether oxygens (including phenoxy) is 1. The summed E-state index contributed by atoms with van der Waals surface area (Å²) in [7, 11) is -3.86. The highest BCUT2D eigenvalue weighted by atomic mass is 79.9. The van der Waals surface area contributed by atoms with E-state index in [1.54, 1.807) is 24.3 Å². The Balaban J connectivity index is 1.27. The first-order chi connectivity index (χ1) is 19.0. The smallest absolute Gasteiger partial charge is 0.284 e. The van der Waals surface area contributed by atoms with Crippen molar-refractivity contribution in [3.63, 3.8) is 0 Å². The van der Waals surface area contributed by atoms with Gasteiger partial charge in [0.25, 0.3) is 10.0 Å². The van der Waals surface area contributed by atoms with E-state index in [0.717, 1.165) is 71.8 Å². The summed E-state index contributed by atoms with van der Waals surface area (Å²) in [6.45, 7) is 6.65. The highest BCUT2D eigenvalue weighted by Gasteiger charge is 2.32.